The quantitative estimate of drug-likeness (QED) is 0.520. The van der Waals surface area contributed by atoms with Crippen molar-refractivity contribution in [2.45, 2.75) is 12.2 Å². The average Bonchev–Trinajstić information content (AvgIpc) is 2.62. The van der Waals surface area contributed by atoms with Crippen molar-refractivity contribution in [1.82, 2.24) is 0 Å². The van der Waals surface area contributed by atoms with Crippen LogP contribution in [0.25, 0.3) is 0 Å². The Morgan fingerprint density at radius 1 is 0.917 bits per heavy atom. The smallest absolute Gasteiger partial charge is 0.128 e. The van der Waals surface area contributed by atoms with E-state index in [0.29, 0.717) is 13.2 Å². The summed E-state index contributed by atoms with van der Waals surface area (Å²) in [5, 5.41) is 0. The lowest BCUT2D eigenvalue weighted by Gasteiger charge is -2.09. The molecule has 4 atom stereocenters. The standard InChI is InChI=1S/C8H10O4/c9-1-5-3-11-8-6(2-10)4-12-7(5)8/h1-2,5-8H,3-4H2/t5-,6-,7-,8-/m1/s1. The van der Waals surface area contributed by atoms with Crippen molar-refractivity contribution in [2.24, 2.45) is 11.8 Å². The average molecular weight is 170 g/mol. The Labute approximate surface area is 69.8 Å². The van der Waals surface area contributed by atoms with Crippen LogP contribution in [0.3, 0.4) is 0 Å². The van der Waals surface area contributed by atoms with E-state index in [1.54, 1.807) is 0 Å². The van der Waals surface area contributed by atoms with Gasteiger partial charge in [-0.15, -0.1) is 0 Å². The Morgan fingerprint density at radius 3 is 1.67 bits per heavy atom. The van der Waals surface area contributed by atoms with Gasteiger partial charge >= 0.3 is 0 Å². The molecule has 0 aromatic rings. The van der Waals surface area contributed by atoms with Crippen LogP contribution in [0.5, 0.6) is 0 Å². The minimum atomic E-state index is -0.183. The van der Waals surface area contributed by atoms with Crippen LogP contribution in [-0.4, -0.2) is 38.0 Å². The molecule has 0 unspecified atom stereocenters. The third kappa shape index (κ3) is 0.990. The summed E-state index contributed by atoms with van der Waals surface area (Å²) in [6.07, 6.45) is 1.32. The van der Waals surface area contributed by atoms with Crippen LogP contribution in [0.4, 0.5) is 0 Å². The lowest BCUT2D eigenvalue weighted by molar-refractivity contribution is -0.114. The first-order valence-corrected chi connectivity index (χ1v) is 4.00. The van der Waals surface area contributed by atoms with E-state index in [2.05, 4.69) is 0 Å². The Morgan fingerprint density at radius 2 is 1.33 bits per heavy atom. The molecule has 0 bridgehead atoms. The zero-order valence-electron chi connectivity index (χ0n) is 6.51. The number of hydrogen-bond donors (Lipinski definition) is 0. The van der Waals surface area contributed by atoms with Gasteiger partial charge in [0.1, 0.15) is 12.6 Å². The van der Waals surface area contributed by atoms with Crippen LogP contribution < -0.4 is 0 Å². The largest absolute Gasteiger partial charge is 0.374 e. The normalized spacial score (nSPS) is 45.7. The van der Waals surface area contributed by atoms with Crippen molar-refractivity contribution in [2.75, 3.05) is 13.2 Å². The molecule has 0 amide bonds. The van der Waals surface area contributed by atoms with E-state index in [4.69, 9.17) is 9.47 Å². The SMILES string of the molecule is O=C[C@@H]1CO[C@H]2[C@@H]1OC[C@H]2C=O. The summed E-state index contributed by atoms with van der Waals surface area (Å²) in [4.78, 5) is 21.0. The molecule has 4 nitrogen and oxygen atoms in total. The molecule has 2 fully saturated rings. The molecule has 12 heavy (non-hydrogen) atoms. The van der Waals surface area contributed by atoms with Crippen LogP contribution in [-0.2, 0) is 19.1 Å². The maximum absolute atomic E-state index is 10.5. The molecule has 4 heteroatoms. The van der Waals surface area contributed by atoms with Gasteiger partial charge in [-0.2, -0.15) is 0 Å². The second kappa shape index (κ2) is 2.95. The lowest BCUT2D eigenvalue weighted by atomic mass is 9.98. The summed E-state index contributed by atoms with van der Waals surface area (Å²) < 4.78 is 10.6. The fourth-order valence-corrected chi connectivity index (χ4v) is 1.79. The molecule has 2 aliphatic rings. The van der Waals surface area contributed by atoms with Gasteiger partial charge in [0.25, 0.3) is 0 Å². The van der Waals surface area contributed by atoms with Gasteiger partial charge < -0.3 is 19.1 Å². The zero-order chi connectivity index (χ0) is 8.55. The van der Waals surface area contributed by atoms with E-state index in [0.717, 1.165) is 12.6 Å². The van der Waals surface area contributed by atoms with Gasteiger partial charge in [0, 0.05) is 0 Å². The van der Waals surface area contributed by atoms with Crippen molar-refractivity contribution in [3.05, 3.63) is 0 Å². The molecule has 0 radical (unpaired) electrons. The molecule has 2 saturated heterocycles. The number of carbonyl (C=O) groups excluding carboxylic acids is 2. The van der Waals surface area contributed by atoms with Gasteiger partial charge in [-0.3, -0.25) is 0 Å². The van der Waals surface area contributed by atoms with Gasteiger partial charge in [-0.25, -0.2) is 0 Å². The van der Waals surface area contributed by atoms with Crippen molar-refractivity contribution in [3.8, 4) is 0 Å². The van der Waals surface area contributed by atoms with Gasteiger partial charge in [0.15, 0.2) is 0 Å². The molecular weight excluding hydrogens is 160 g/mol. The predicted molar refractivity (Wildman–Crippen MR) is 38.6 cm³/mol. The number of aldehydes is 2. The monoisotopic (exact) mass is 170 g/mol. The first-order chi connectivity index (χ1) is 5.86. The Bertz CT molecular complexity index is 181. The topological polar surface area (TPSA) is 52.6 Å². The number of ether oxygens (including phenoxy) is 2. The first kappa shape index (κ1) is 7.89. The van der Waals surface area contributed by atoms with E-state index >= 15 is 0 Å². The molecule has 2 heterocycles. The number of rotatable bonds is 2. The molecular formula is C8H10O4. The summed E-state index contributed by atoms with van der Waals surface area (Å²) in [6.45, 7) is 0.784. The highest BCUT2D eigenvalue weighted by Crippen LogP contribution is 2.32. The van der Waals surface area contributed by atoms with Crippen molar-refractivity contribution < 1.29 is 19.1 Å². The minimum Gasteiger partial charge on any atom is -0.374 e. The van der Waals surface area contributed by atoms with Crippen LogP contribution in [0, 0.1) is 11.8 Å². The third-order valence-electron chi connectivity index (χ3n) is 2.48. The van der Waals surface area contributed by atoms with Gasteiger partial charge in [0.2, 0.25) is 0 Å². The third-order valence-corrected chi connectivity index (χ3v) is 2.48. The van der Waals surface area contributed by atoms with E-state index in [9.17, 15) is 9.59 Å². The molecule has 0 aromatic heterocycles. The van der Waals surface area contributed by atoms with Gasteiger partial charge in [-0.05, 0) is 0 Å². The molecule has 2 aliphatic heterocycles. The Kier molecular flexibility index (Phi) is 1.94. The molecule has 0 N–H and O–H groups in total. The van der Waals surface area contributed by atoms with Crippen LogP contribution in [0.2, 0.25) is 0 Å². The summed E-state index contributed by atoms with van der Waals surface area (Å²) in [7, 11) is 0. The van der Waals surface area contributed by atoms with E-state index in [1.807, 2.05) is 0 Å². The van der Waals surface area contributed by atoms with Crippen molar-refractivity contribution in [3.63, 3.8) is 0 Å². The highest BCUT2D eigenvalue weighted by atomic mass is 16.6. The van der Waals surface area contributed by atoms with Crippen molar-refractivity contribution >= 4 is 12.6 Å². The molecule has 0 saturated carbocycles. The molecule has 2 rings (SSSR count). The second-order valence-electron chi connectivity index (χ2n) is 3.20. The maximum Gasteiger partial charge on any atom is 0.128 e. The zero-order valence-corrected chi connectivity index (χ0v) is 6.51. The summed E-state index contributed by atoms with van der Waals surface area (Å²) in [6, 6.07) is 0. The number of fused-ring (bicyclic) bond motifs is 1. The number of carbonyl (C=O) groups is 2. The number of hydrogen-bond acceptors (Lipinski definition) is 4. The first-order valence-electron chi connectivity index (χ1n) is 4.00. The fourth-order valence-electron chi connectivity index (χ4n) is 1.79. The maximum atomic E-state index is 10.5. The molecule has 66 valence electrons. The van der Waals surface area contributed by atoms with Crippen LogP contribution >= 0.6 is 0 Å². The second-order valence-corrected chi connectivity index (χ2v) is 3.20. The summed E-state index contributed by atoms with van der Waals surface area (Å²) in [5.74, 6) is -0.361. The van der Waals surface area contributed by atoms with Gasteiger partial charge in [0.05, 0.1) is 37.3 Å². The Balaban J connectivity index is 2.10. The van der Waals surface area contributed by atoms with Crippen LogP contribution in [0.15, 0.2) is 0 Å². The van der Waals surface area contributed by atoms with E-state index in [1.165, 1.54) is 0 Å². The van der Waals surface area contributed by atoms with Crippen LogP contribution in [0.1, 0.15) is 0 Å². The van der Waals surface area contributed by atoms with Crippen molar-refractivity contribution in [1.29, 1.82) is 0 Å². The molecule has 0 spiro atoms. The lowest BCUT2D eigenvalue weighted by Crippen LogP contribution is -2.27. The summed E-state index contributed by atoms with van der Waals surface area (Å²) in [5.41, 5.74) is 0. The van der Waals surface area contributed by atoms with E-state index in [-0.39, 0.29) is 24.0 Å². The van der Waals surface area contributed by atoms with E-state index < -0.39 is 0 Å². The minimum absolute atomic E-state index is 0.181. The highest BCUT2D eigenvalue weighted by Gasteiger charge is 2.47. The Hall–Kier alpha value is -0.740. The molecule has 0 aromatic carbocycles. The van der Waals surface area contributed by atoms with Gasteiger partial charge in [-0.1, -0.05) is 0 Å². The summed E-state index contributed by atoms with van der Waals surface area (Å²) >= 11 is 0. The fraction of sp³-hybridized carbons (Fsp3) is 0.750. The highest BCUT2D eigenvalue weighted by molar-refractivity contribution is 5.59. The predicted octanol–water partition coefficient (Wildman–Crippen LogP) is -0.586. The molecule has 0 aliphatic carbocycles.